The van der Waals surface area contributed by atoms with Crippen LogP contribution >= 0.6 is 23.4 Å². The van der Waals surface area contributed by atoms with E-state index in [2.05, 4.69) is 15.3 Å². The fourth-order valence-electron chi connectivity index (χ4n) is 4.96. The van der Waals surface area contributed by atoms with Crippen LogP contribution in [-0.2, 0) is 22.3 Å². The molecule has 2 aromatic carbocycles. The molecule has 3 heterocycles. The SMILES string of the molecule is CN(C1CCN(CC(N)=O)C1)C1NC(=O)/C(=C/c2ccc3c(cnn3Cc3ccc(Cl)cc3C(F)(F)F)c2)S1. The van der Waals surface area contributed by atoms with Crippen LogP contribution < -0.4 is 11.1 Å². The lowest BCUT2D eigenvalue weighted by Gasteiger charge is -2.29. The zero-order chi connectivity index (χ0) is 27.9. The third-order valence-corrected chi connectivity index (χ3v) is 8.42. The molecule has 0 aliphatic carbocycles. The molecule has 2 unspecified atom stereocenters. The lowest BCUT2D eigenvalue weighted by atomic mass is 10.1. The summed E-state index contributed by atoms with van der Waals surface area (Å²) in [5.41, 5.74) is 5.79. The number of halogens is 4. The second-order valence-corrected chi connectivity index (χ2v) is 11.2. The minimum atomic E-state index is -4.53. The van der Waals surface area contributed by atoms with Gasteiger partial charge in [-0.2, -0.15) is 18.3 Å². The molecular weight excluding hydrogens is 553 g/mol. The van der Waals surface area contributed by atoms with Crippen LogP contribution in [0.5, 0.6) is 0 Å². The number of primary amides is 1. The van der Waals surface area contributed by atoms with Gasteiger partial charge in [-0.3, -0.25) is 24.1 Å². The normalized spacial score (nSPS) is 21.4. The van der Waals surface area contributed by atoms with Crippen molar-refractivity contribution in [3.05, 3.63) is 69.2 Å². The summed E-state index contributed by atoms with van der Waals surface area (Å²) in [6.07, 6.45) is -0.276. The van der Waals surface area contributed by atoms with Crippen LogP contribution in [0.15, 0.2) is 47.5 Å². The summed E-state index contributed by atoms with van der Waals surface area (Å²) in [4.78, 5) is 28.6. The zero-order valence-corrected chi connectivity index (χ0v) is 22.5. The summed E-state index contributed by atoms with van der Waals surface area (Å²) in [6, 6.07) is 9.34. The number of benzene rings is 2. The summed E-state index contributed by atoms with van der Waals surface area (Å²) in [6.45, 7) is 1.63. The number of hydrogen-bond donors (Lipinski definition) is 2. The number of aromatic nitrogens is 2. The third kappa shape index (κ3) is 6.08. The molecule has 2 aliphatic rings. The predicted molar refractivity (Wildman–Crippen MR) is 145 cm³/mol. The first-order valence-electron chi connectivity index (χ1n) is 12.2. The summed E-state index contributed by atoms with van der Waals surface area (Å²) >= 11 is 7.22. The Balaban J connectivity index is 1.30. The van der Waals surface area contributed by atoms with E-state index in [1.54, 1.807) is 18.3 Å². The standard InChI is InChI=1S/C26H26ClF3N6O2S/c1-34(19-6-7-35(13-19)14-23(31)37)25-33-24(38)22(39-25)9-15-2-5-21-17(8-15)11-32-36(21)12-16-3-4-18(27)10-20(16)26(28,29)30/h2-5,8-11,19,25H,6-7,12-14H2,1H3,(H2,31,37)(H,33,38)/b22-9-. The topological polar surface area (TPSA) is 96.5 Å². The quantitative estimate of drug-likeness (QED) is 0.415. The largest absolute Gasteiger partial charge is 0.416 e. The fraction of sp³-hybridized carbons (Fsp3) is 0.346. The second kappa shape index (κ2) is 10.8. The number of thioether (sulfide) groups is 1. The molecular formula is C26H26ClF3N6O2S. The first-order valence-corrected chi connectivity index (χ1v) is 13.5. The molecule has 2 aliphatic heterocycles. The number of likely N-dealkylation sites (tertiary alicyclic amines) is 1. The maximum Gasteiger partial charge on any atom is 0.416 e. The van der Waals surface area contributed by atoms with E-state index in [-0.39, 0.29) is 47.0 Å². The third-order valence-electron chi connectivity index (χ3n) is 6.95. The van der Waals surface area contributed by atoms with E-state index >= 15 is 0 Å². The van der Waals surface area contributed by atoms with Crippen LogP contribution in [-0.4, -0.2) is 69.6 Å². The van der Waals surface area contributed by atoms with Crippen LogP contribution in [0, 0.1) is 0 Å². The summed E-state index contributed by atoms with van der Waals surface area (Å²) in [5, 5.41) is 8.06. The first-order chi connectivity index (χ1) is 18.5. The Morgan fingerprint density at radius 3 is 2.85 bits per heavy atom. The van der Waals surface area contributed by atoms with Gasteiger partial charge in [0.15, 0.2) is 0 Å². The van der Waals surface area contributed by atoms with E-state index < -0.39 is 11.7 Å². The van der Waals surface area contributed by atoms with Crippen LogP contribution in [0.1, 0.15) is 23.1 Å². The Hall–Kier alpha value is -3.06. The number of hydrogen-bond acceptors (Lipinski definition) is 6. The molecule has 3 aromatic rings. The van der Waals surface area contributed by atoms with Gasteiger partial charge in [-0.05, 0) is 54.9 Å². The van der Waals surface area contributed by atoms with Crippen molar-refractivity contribution in [3.8, 4) is 0 Å². The zero-order valence-electron chi connectivity index (χ0n) is 20.9. The maximum absolute atomic E-state index is 13.5. The molecule has 0 spiro atoms. The molecule has 1 aromatic heterocycles. The molecule has 8 nitrogen and oxygen atoms in total. The van der Waals surface area contributed by atoms with Crippen molar-refractivity contribution in [3.63, 3.8) is 0 Å². The van der Waals surface area contributed by atoms with E-state index in [0.29, 0.717) is 17.0 Å². The number of nitrogens with one attached hydrogen (secondary N) is 1. The van der Waals surface area contributed by atoms with Gasteiger partial charge in [0.25, 0.3) is 5.91 Å². The Morgan fingerprint density at radius 1 is 1.31 bits per heavy atom. The van der Waals surface area contributed by atoms with Gasteiger partial charge in [0.2, 0.25) is 5.91 Å². The number of rotatable bonds is 7. The van der Waals surface area contributed by atoms with Crippen molar-refractivity contribution in [1.29, 1.82) is 0 Å². The number of nitrogens with two attached hydrogens (primary N) is 1. The lowest BCUT2D eigenvalue weighted by molar-refractivity contribution is -0.138. The number of amides is 2. The molecule has 0 saturated carbocycles. The van der Waals surface area contributed by atoms with Crippen molar-refractivity contribution >= 4 is 52.2 Å². The minimum Gasteiger partial charge on any atom is -0.369 e. The predicted octanol–water partition coefficient (Wildman–Crippen LogP) is 3.74. The Morgan fingerprint density at radius 2 is 2.10 bits per heavy atom. The van der Waals surface area contributed by atoms with E-state index in [0.717, 1.165) is 30.0 Å². The van der Waals surface area contributed by atoms with Crippen molar-refractivity contribution in [2.24, 2.45) is 5.73 Å². The van der Waals surface area contributed by atoms with Crippen LogP contribution in [0.25, 0.3) is 17.0 Å². The van der Waals surface area contributed by atoms with Gasteiger partial charge in [-0.25, -0.2) is 0 Å². The highest BCUT2D eigenvalue weighted by atomic mass is 35.5. The number of nitrogens with zero attached hydrogens (tertiary/aromatic N) is 4. The summed E-state index contributed by atoms with van der Waals surface area (Å²) < 4.78 is 42.1. The number of likely N-dealkylation sites (N-methyl/N-ethyl adjacent to an activating group) is 1. The smallest absolute Gasteiger partial charge is 0.369 e. The molecule has 2 atom stereocenters. The number of carbonyl (C=O) groups excluding carboxylic acids is 2. The molecule has 39 heavy (non-hydrogen) atoms. The van der Waals surface area contributed by atoms with Gasteiger partial charge in [-0.1, -0.05) is 35.5 Å². The summed E-state index contributed by atoms with van der Waals surface area (Å²) in [7, 11) is 1.95. The van der Waals surface area contributed by atoms with Gasteiger partial charge in [-0.15, -0.1) is 0 Å². The van der Waals surface area contributed by atoms with Gasteiger partial charge < -0.3 is 11.1 Å². The number of carbonyl (C=O) groups is 2. The number of alkyl halides is 3. The van der Waals surface area contributed by atoms with Crippen LogP contribution in [0.2, 0.25) is 5.02 Å². The molecule has 2 fully saturated rings. The van der Waals surface area contributed by atoms with Crippen LogP contribution in [0.4, 0.5) is 13.2 Å². The molecule has 2 amide bonds. The number of fused-ring (bicyclic) bond motifs is 1. The fourth-order valence-corrected chi connectivity index (χ4v) is 6.24. The van der Waals surface area contributed by atoms with Crippen LogP contribution in [0.3, 0.4) is 0 Å². The first kappa shape index (κ1) is 27.5. The molecule has 3 N–H and O–H groups in total. The summed E-state index contributed by atoms with van der Waals surface area (Å²) in [5.74, 6) is -0.535. The highest BCUT2D eigenvalue weighted by Gasteiger charge is 2.36. The van der Waals surface area contributed by atoms with Crippen molar-refractivity contribution in [1.82, 2.24) is 24.9 Å². The van der Waals surface area contributed by atoms with Gasteiger partial charge in [0, 0.05) is 29.5 Å². The van der Waals surface area contributed by atoms with E-state index in [1.165, 1.54) is 28.6 Å². The Labute approximate surface area is 231 Å². The monoisotopic (exact) mass is 578 g/mol. The van der Waals surface area contributed by atoms with Gasteiger partial charge >= 0.3 is 6.18 Å². The van der Waals surface area contributed by atoms with E-state index in [1.807, 2.05) is 24.1 Å². The van der Waals surface area contributed by atoms with Crippen molar-refractivity contribution < 1.29 is 22.8 Å². The molecule has 2 saturated heterocycles. The lowest BCUT2D eigenvalue weighted by Crippen LogP contribution is -2.46. The highest BCUT2D eigenvalue weighted by Crippen LogP contribution is 2.35. The average molecular weight is 579 g/mol. The highest BCUT2D eigenvalue weighted by molar-refractivity contribution is 8.05. The van der Waals surface area contributed by atoms with Crippen molar-refractivity contribution in [2.45, 2.75) is 30.7 Å². The van der Waals surface area contributed by atoms with Crippen molar-refractivity contribution in [2.75, 3.05) is 26.7 Å². The second-order valence-electron chi connectivity index (χ2n) is 9.68. The molecule has 5 rings (SSSR count). The minimum absolute atomic E-state index is 0.0182. The molecule has 0 bridgehead atoms. The molecule has 206 valence electrons. The maximum atomic E-state index is 13.5. The average Bonchev–Trinajstić information content (AvgIpc) is 3.58. The molecule has 0 radical (unpaired) electrons. The van der Waals surface area contributed by atoms with E-state index in [9.17, 15) is 22.8 Å². The van der Waals surface area contributed by atoms with Gasteiger partial charge in [0.05, 0.1) is 35.3 Å². The Kier molecular flexibility index (Phi) is 7.64. The van der Waals surface area contributed by atoms with E-state index in [4.69, 9.17) is 17.3 Å². The van der Waals surface area contributed by atoms with Gasteiger partial charge in [0.1, 0.15) is 5.50 Å². The Bertz CT molecular complexity index is 1460. The molecule has 13 heteroatoms.